The Morgan fingerprint density at radius 2 is 2.00 bits per heavy atom. The fourth-order valence-corrected chi connectivity index (χ4v) is 3.30. The molecule has 0 aliphatic heterocycles. The van der Waals surface area contributed by atoms with Crippen LogP contribution in [0.2, 0.25) is 0 Å². The lowest BCUT2D eigenvalue weighted by molar-refractivity contribution is 0.687. The van der Waals surface area contributed by atoms with Crippen LogP contribution in [-0.4, -0.2) is 4.98 Å². The average Bonchev–Trinajstić information content (AvgIpc) is 2.70. The molecule has 0 spiro atoms. The molecule has 1 aromatic rings. The molecule has 1 aromatic heterocycles. The van der Waals surface area contributed by atoms with Crippen LogP contribution in [0.15, 0.2) is 11.1 Å². The summed E-state index contributed by atoms with van der Waals surface area (Å²) in [4.78, 5) is 4.69. The van der Waals surface area contributed by atoms with Gasteiger partial charge in [-0.05, 0) is 57.6 Å². The highest BCUT2D eigenvalue weighted by molar-refractivity contribution is 7.09. The summed E-state index contributed by atoms with van der Waals surface area (Å²) in [5, 5.41) is 2.37. The molecule has 98 valence electrons. The molecule has 0 amide bonds. The van der Waals surface area contributed by atoms with Crippen LogP contribution in [0.5, 0.6) is 0 Å². The Labute approximate surface area is 114 Å². The zero-order chi connectivity index (χ0) is 13.0. The number of thiazole rings is 1. The Kier molecular flexibility index (Phi) is 4.76. The largest absolute Gasteiger partial charge is 0.242 e. The fourth-order valence-electron chi connectivity index (χ4n) is 2.42. The summed E-state index contributed by atoms with van der Waals surface area (Å²) >= 11 is 1.82. The van der Waals surface area contributed by atoms with E-state index in [0.717, 1.165) is 6.42 Å². The second kappa shape index (κ2) is 6.33. The van der Waals surface area contributed by atoms with Gasteiger partial charge in [0.2, 0.25) is 0 Å². The predicted molar refractivity (Wildman–Crippen MR) is 81.1 cm³/mol. The number of nitrogens with zero attached hydrogens (tertiary/aromatic N) is 1. The van der Waals surface area contributed by atoms with Crippen LogP contribution in [0.25, 0.3) is 12.2 Å². The Hall–Kier alpha value is -0.890. The molecule has 0 unspecified atom stereocenters. The van der Waals surface area contributed by atoms with E-state index in [2.05, 4.69) is 37.9 Å². The number of aromatic nitrogens is 1. The zero-order valence-electron chi connectivity index (χ0n) is 11.8. The molecule has 0 saturated heterocycles. The SMILES string of the molecule is CCC/C=c1\sc(C)n\c1=C\C1=C(C)CCCC1. The minimum atomic E-state index is 1.15. The van der Waals surface area contributed by atoms with Crippen LogP contribution in [0.1, 0.15) is 57.4 Å². The zero-order valence-corrected chi connectivity index (χ0v) is 12.6. The van der Waals surface area contributed by atoms with Crippen molar-refractivity contribution in [2.45, 2.75) is 59.3 Å². The van der Waals surface area contributed by atoms with E-state index in [4.69, 9.17) is 0 Å². The van der Waals surface area contributed by atoms with Gasteiger partial charge in [0.05, 0.1) is 14.9 Å². The summed E-state index contributed by atoms with van der Waals surface area (Å²) in [6, 6.07) is 0. The lowest BCUT2D eigenvalue weighted by Crippen LogP contribution is -2.21. The molecule has 0 aromatic carbocycles. The minimum Gasteiger partial charge on any atom is -0.242 e. The summed E-state index contributed by atoms with van der Waals surface area (Å²) < 4.78 is 1.36. The molecule has 0 radical (unpaired) electrons. The van der Waals surface area contributed by atoms with Crippen LogP contribution >= 0.6 is 11.3 Å². The maximum atomic E-state index is 4.69. The van der Waals surface area contributed by atoms with Crippen molar-refractivity contribution in [2.75, 3.05) is 0 Å². The first-order valence-electron chi connectivity index (χ1n) is 7.04. The molecule has 1 heterocycles. The van der Waals surface area contributed by atoms with Gasteiger partial charge in [0.1, 0.15) is 0 Å². The highest BCUT2D eigenvalue weighted by atomic mass is 32.1. The Bertz CT molecular complexity index is 548. The standard InChI is InChI=1S/C16H23NS/c1-4-5-10-16-15(17-13(3)18-16)11-14-9-7-6-8-12(14)2/h10-11H,4-9H2,1-3H3/b15-11+,16-10-. The smallest absolute Gasteiger partial charge is 0.0907 e. The van der Waals surface area contributed by atoms with Crippen LogP contribution in [-0.2, 0) is 0 Å². The highest BCUT2D eigenvalue weighted by Gasteiger charge is 2.07. The van der Waals surface area contributed by atoms with Gasteiger partial charge in [-0.1, -0.05) is 25.0 Å². The van der Waals surface area contributed by atoms with Gasteiger partial charge in [-0.25, -0.2) is 4.98 Å². The first-order chi connectivity index (χ1) is 8.70. The molecule has 0 fully saturated rings. The van der Waals surface area contributed by atoms with Crippen molar-refractivity contribution in [2.24, 2.45) is 0 Å². The fraction of sp³-hybridized carbons (Fsp3) is 0.562. The molecule has 1 aliphatic rings. The second-order valence-electron chi connectivity index (χ2n) is 5.13. The van der Waals surface area contributed by atoms with Crippen LogP contribution < -0.4 is 9.88 Å². The van der Waals surface area contributed by atoms with Gasteiger partial charge in [-0.3, -0.25) is 0 Å². The third-order valence-electron chi connectivity index (χ3n) is 3.51. The van der Waals surface area contributed by atoms with Crippen molar-refractivity contribution in [1.82, 2.24) is 4.98 Å². The van der Waals surface area contributed by atoms with Gasteiger partial charge in [0.25, 0.3) is 0 Å². The molecule has 0 saturated carbocycles. The lowest BCUT2D eigenvalue weighted by Gasteiger charge is -2.13. The number of hydrogen-bond donors (Lipinski definition) is 0. The number of hydrogen-bond acceptors (Lipinski definition) is 2. The molecular formula is C16H23NS. The van der Waals surface area contributed by atoms with E-state index in [1.54, 1.807) is 5.57 Å². The van der Waals surface area contributed by atoms with Crippen LogP contribution in [0.4, 0.5) is 0 Å². The van der Waals surface area contributed by atoms with E-state index < -0.39 is 0 Å². The molecule has 18 heavy (non-hydrogen) atoms. The molecule has 1 aliphatic carbocycles. The van der Waals surface area contributed by atoms with Crippen molar-refractivity contribution in [3.8, 4) is 0 Å². The summed E-state index contributed by atoms with van der Waals surface area (Å²) in [7, 11) is 0. The maximum absolute atomic E-state index is 4.69. The Morgan fingerprint density at radius 1 is 1.22 bits per heavy atom. The molecule has 2 heteroatoms. The number of rotatable bonds is 3. The van der Waals surface area contributed by atoms with E-state index in [1.807, 2.05) is 11.3 Å². The molecule has 0 N–H and O–H groups in total. The summed E-state index contributed by atoms with van der Waals surface area (Å²) in [6.07, 6.45) is 12.2. The van der Waals surface area contributed by atoms with Gasteiger partial charge in [-0.2, -0.15) is 0 Å². The van der Waals surface area contributed by atoms with E-state index in [1.165, 1.54) is 52.6 Å². The number of unbranched alkanes of at least 4 members (excludes halogenated alkanes) is 1. The normalized spacial score (nSPS) is 18.8. The van der Waals surface area contributed by atoms with Gasteiger partial charge < -0.3 is 0 Å². The quantitative estimate of drug-likeness (QED) is 0.808. The summed E-state index contributed by atoms with van der Waals surface area (Å²) in [5.41, 5.74) is 3.09. The van der Waals surface area contributed by atoms with Crippen molar-refractivity contribution in [1.29, 1.82) is 0 Å². The monoisotopic (exact) mass is 261 g/mol. The van der Waals surface area contributed by atoms with Crippen molar-refractivity contribution in [3.05, 3.63) is 26.0 Å². The lowest BCUT2D eigenvalue weighted by atomic mass is 9.92. The van der Waals surface area contributed by atoms with E-state index in [9.17, 15) is 0 Å². The number of allylic oxidation sites excluding steroid dienone is 2. The highest BCUT2D eigenvalue weighted by Crippen LogP contribution is 2.24. The van der Waals surface area contributed by atoms with Crippen molar-refractivity contribution >= 4 is 23.5 Å². The molecule has 0 bridgehead atoms. The third kappa shape index (κ3) is 3.32. The Balaban J connectivity index is 2.44. The third-order valence-corrected chi connectivity index (χ3v) is 4.50. The average molecular weight is 261 g/mol. The molecule has 0 atom stereocenters. The molecular weight excluding hydrogens is 238 g/mol. The maximum Gasteiger partial charge on any atom is 0.0907 e. The van der Waals surface area contributed by atoms with Gasteiger partial charge >= 0.3 is 0 Å². The van der Waals surface area contributed by atoms with Crippen molar-refractivity contribution < 1.29 is 0 Å². The van der Waals surface area contributed by atoms with Crippen LogP contribution in [0, 0.1) is 6.92 Å². The Morgan fingerprint density at radius 3 is 2.72 bits per heavy atom. The van der Waals surface area contributed by atoms with Gasteiger partial charge in [0.15, 0.2) is 0 Å². The van der Waals surface area contributed by atoms with Crippen molar-refractivity contribution in [3.63, 3.8) is 0 Å². The topological polar surface area (TPSA) is 12.9 Å². The first kappa shape index (κ1) is 13.5. The van der Waals surface area contributed by atoms with Crippen LogP contribution in [0.3, 0.4) is 0 Å². The summed E-state index contributed by atoms with van der Waals surface area (Å²) in [5.74, 6) is 0. The van der Waals surface area contributed by atoms with E-state index in [-0.39, 0.29) is 0 Å². The summed E-state index contributed by atoms with van der Waals surface area (Å²) in [6.45, 7) is 6.61. The second-order valence-corrected chi connectivity index (χ2v) is 6.37. The first-order valence-corrected chi connectivity index (χ1v) is 7.86. The van der Waals surface area contributed by atoms with Gasteiger partial charge in [0, 0.05) is 0 Å². The molecule has 2 rings (SSSR count). The van der Waals surface area contributed by atoms with E-state index in [0.29, 0.717) is 0 Å². The number of aryl methyl sites for hydroxylation is 1. The molecule has 1 nitrogen and oxygen atoms in total. The van der Waals surface area contributed by atoms with E-state index >= 15 is 0 Å². The van der Waals surface area contributed by atoms with Gasteiger partial charge in [-0.15, -0.1) is 11.3 Å². The predicted octanol–water partition coefficient (Wildman–Crippen LogP) is 3.70. The minimum absolute atomic E-state index is 1.15.